The molecule has 0 radical (unpaired) electrons. The van der Waals surface area contributed by atoms with Gasteiger partial charge in [-0.2, -0.15) is 0 Å². The lowest BCUT2D eigenvalue weighted by atomic mass is 10.1. The zero-order valence-electron chi connectivity index (χ0n) is 22.5. The Balaban J connectivity index is 1.55. The second-order valence-corrected chi connectivity index (χ2v) is 9.01. The molecule has 1 N–H and O–H groups in total. The number of hydrogen-bond donors (Lipinski definition) is 1. The van der Waals surface area contributed by atoms with Crippen LogP contribution in [0.2, 0.25) is 0 Å². The maximum absolute atomic E-state index is 13.6. The van der Waals surface area contributed by atoms with Crippen LogP contribution in [0.3, 0.4) is 0 Å². The van der Waals surface area contributed by atoms with Crippen LogP contribution in [0.25, 0.3) is 22.5 Å². The molecule has 1 atom stereocenters. The van der Waals surface area contributed by atoms with E-state index in [-0.39, 0.29) is 24.0 Å². The van der Waals surface area contributed by atoms with Crippen LogP contribution < -0.4 is 4.74 Å². The van der Waals surface area contributed by atoms with Crippen molar-refractivity contribution in [1.29, 1.82) is 0 Å². The fraction of sp³-hybridized carbons (Fsp3) is 0.250. The van der Waals surface area contributed by atoms with Crippen LogP contribution in [0.5, 0.6) is 5.75 Å². The first-order chi connectivity index (χ1) is 19.4. The van der Waals surface area contributed by atoms with Crippen molar-refractivity contribution >= 4 is 11.9 Å². The lowest BCUT2D eigenvalue weighted by Gasteiger charge is -2.17. The van der Waals surface area contributed by atoms with Gasteiger partial charge in [-0.3, -0.25) is 0 Å². The summed E-state index contributed by atoms with van der Waals surface area (Å²) in [7, 11) is 0. The summed E-state index contributed by atoms with van der Waals surface area (Å²) < 4.78 is 32.2. The van der Waals surface area contributed by atoms with Gasteiger partial charge in [0, 0.05) is 18.7 Å². The molecule has 4 aromatic rings. The molecule has 4 rings (SSSR count). The SMILES string of the molecule is CCOC(=O)[C@@H](Cc1ccc(OCCn2c(-c3ccc(F)cc3)cc(C(=O)O)c2-c2ccccc2)cc1)OCC. The quantitative estimate of drug-likeness (QED) is 0.200. The van der Waals surface area contributed by atoms with Gasteiger partial charge in [-0.1, -0.05) is 42.5 Å². The minimum Gasteiger partial charge on any atom is -0.492 e. The number of benzene rings is 3. The van der Waals surface area contributed by atoms with Gasteiger partial charge in [-0.05, 0) is 73.0 Å². The Morgan fingerprint density at radius 3 is 2.23 bits per heavy atom. The van der Waals surface area contributed by atoms with Crippen molar-refractivity contribution in [2.45, 2.75) is 32.9 Å². The molecule has 0 aliphatic carbocycles. The molecule has 208 valence electrons. The number of aromatic carboxylic acids is 1. The van der Waals surface area contributed by atoms with Crippen molar-refractivity contribution in [2.24, 2.45) is 0 Å². The van der Waals surface area contributed by atoms with E-state index in [1.54, 1.807) is 25.1 Å². The Morgan fingerprint density at radius 2 is 1.60 bits per heavy atom. The lowest BCUT2D eigenvalue weighted by Crippen LogP contribution is -2.28. The number of carbonyl (C=O) groups is 2. The van der Waals surface area contributed by atoms with E-state index in [9.17, 15) is 19.1 Å². The van der Waals surface area contributed by atoms with Crippen molar-refractivity contribution in [3.05, 3.63) is 102 Å². The molecule has 0 spiro atoms. The number of carboxylic acid groups (broad SMARTS) is 1. The molecule has 0 aliphatic heterocycles. The monoisotopic (exact) mass is 545 g/mol. The molecule has 0 unspecified atom stereocenters. The molecule has 0 saturated heterocycles. The standard InChI is InChI=1S/C32H32FNO6/c1-3-38-29(32(37)39-4-2)20-22-10-16-26(17-11-22)40-19-18-34-28(23-12-14-25(33)15-13-23)21-27(31(35)36)30(34)24-8-6-5-7-9-24/h5-17,21,29H,3-4,18-20H2,1-2H3,(H,35,36)/t29-/m1/s1. The summed E-state index contributed by atoms with van der Waals surface area (Å²) in [5, 5.41) is 10.0. The fourth-order valence-corrected chi connectivity index (χ4v) is 4.55. The number of halogens is 1. The summed E-state index contributed by atoms with van der Waals surface area (Å²) in [6.45, 7) is 4.89. The number of ether oxygens (including phenoxy) is 3. The molecule has 3 aromatic carbocycles. The van der Waals surface area contributed by atoms with Crippen LogP contribution >= 0.6 is 0 Å². The maximum atomic E-state index is 13.6. The average Bonchev–Trinajstić information content (AvgIpc) is 3.34. The third-order valence-electron chi connectivity index (χ3n) is 6.36. The molecular weight excluding hydrogens is 513 g/mol. The number of esters is 1. The van der Waals surface area contributed by atoms with E-state index in [0.29, 0.717) is 48.9 Å². The van der Waals surface area contributed by atoms with Gasteiger partial charge in [-0.25, -0.2) is 14.0 Å². The molecular formula is C32H32FNO6. The Labute approximate surface area is 232 Å². The Kier molecular flexibility index (Phi) is 9.70. The third kappa shape index (κ3) is 6.95. The van der Waals surface area contributed by atoms with Crippen LogP contribution in [0.1, 0.15) is 29.8 Å². The second kappa shape index (κ2) is 13.6. The highest BCUT2D eigenvalue weighted by molar-refractivity contribution is 5.97. The summed E-state index contributed by atoms with van der Waals surface area (Å²) in [6, 6.07) is 24.3. The van der Waals surface area contributed by atoms with E-state index in [2.05, 4.69) is 0 Å². The van der Waals surface area contributed by atoms with Gasteiger partial charge >= 0.3 is 11.9 Å². The smallest absolute Gasteiger partial charge is 0.337 e. The predicted octanol–water partition coefficient (Wildman–Crippen LogP) is 6.25. The molecule has 0 saturated carbocycles. The molecule has 40 heavy (non-hydrogen) atoms. The number of aromatic nitrogens is 1. The Hall–Kier alpha value is -4.43. The van der Waals surface area contributed by atoms with Crippen LogP contribution in [0.15, 0.2) is 84.9 Å². The lowest BCUT2D eigenvalue weighted by molar-refractivity contribution is -0.156. The summed E-state index contributed by atoms with van der Waals surface area (Å²) in [5.74, 6) is -1.18. The van der Waals surface area contributed by atoms with E-state index in [0.717, 1.165) is 11.1 Å². The number of nitrogens with zero attached hydrogens (tertiary/aromatic N) is 1. The van der Waals surface area contributed by atoms with Gasteiger partial charge in [0.05, 0.1) is 24.4 Å². The van der Waals surface area contributed by atoms with Gasteiger partial charge < -0.3 is 23.9 Å². The van der Waals surface area contributed by atoms with E-state index < -0.39 is 12.1 Å². The zero-order chi connectivity index (χ0) is 28.5. The van der Waals surface area contributed by atoms with Crippen LogP contribution in [-0.2, 0) is 27.2 Å². The van der Waals surface area contributed by atoms with E-state index in [1.165, 1.54) is 12.1 Å². The first kappa shape index (κ1) is 28.6. The number of rotatable bonds is 13. The minimum atomic E-state index is -1.05. The second-order valence-electron chi connectivity index (χ2n) is 9.01. The largest absolute Gasteiger partial charge is 0.492 e. The first-order valence-electron chi connectivity index (χ1n) is 13.2. The van der Waals surface area contributed by atoms with Gasteiger partial charge in [0.15, 0.2) is 6.10 Å². The molecule has 0 aliphatic rings. The third-order valence-corrected chi connectivity index (χ3v) is 6.36. The minimum absolute atomic E-state index is 0.153. The number of carboxylic acids is 1. The van der Waals surface area contributed by atoms with E-state index in [4.69, 9.17) is 14.2 Å². The van der Waals surface area contributed by atoms with E-state index >= 15 is 0 Å². The summed E-state index contributed by atoms with van der Waals surface area (Å²) in [4.78, 5) is 24.4. The van der Waals surface area contributed by atoms with Crippen LogP contribution in [0, 0.1) is 5.82 Å². The van der Waals surface area contributed by atoms with Crippen LogP contribution in [-0.4, -0.2) is 47.5 Å². The zero-order valence-corrected chi connectivity index (χ0v) is 22.5. The first-order valence-corrected chi connectivity index (χ1v) is 13.2. The van der Waals surface area contributed by atoms with Crippen molar-refractivity contribution in [1.82, 2.24) is 4.57 Å². The van der Waals surface area contributed by atoms with Gasteiger partial charge in [0.1, 0.15) is 18.2 Å². The molecule has 0 fully saturated rings. The summed E-state index contributed by atoms with van der Waals surface area (Å²) >= 11 is 0. The molecule has 1 heterocycles. The molecule has 7 nitrogen and oxygen atoms in total. The summed E-state index contributed by atoms with van der Waals surface area (Å²) in [5.41, 5.74) is 3.70. The molecule has 0 amide bonds. The average molecular weight is 546 g/mol. The highest BCUT2D eigenvalue weighted by atomic mass is 19.1. The van der Waals surface area contributed by atoms with Crippen molar-refractivity contribution in [3.63, 3.8) is 0 Å². The Morgan fingerprint density at radius 1 is 0.900 bits per heavy atom. The predicted molar refractivity (Wildman–Crippen MR) is 150 cm³/mol. The van der Waals surface area contributed by atoms with Gasteiger partial charge in [-0.15, -0.1) is 0 Å². The topological polar surface area (TPSA) is 87.0 Å². The maximum Gasteiger partial charge on any atom is 0.337 e. The normalized spacial score (nSPS) is 11.7. The number of hydrogen-bond acceptors (Lipinski definition) is 5. The van der Waals surface area contributed by atoms with E-state index in [1.807, 2.05) is 66.1 Å². The van der Waals surface area contributed by atoms with Crippen molar-refractivity contribution < 1.29 is 33.3 Å². The van der Waals surface area contributed by atoms with Crippen molar-refractivity contribution in [3.8, 4) is 28.3 Å². The number of carbonyl (C=O) groups excluding carboxylic acids is 1. The highest BCUT2D eigenvalue weighted by Gasteiger charge is 2.23. The fourth-order valence-electron chi connectivity index (χ4n) is 4.55. The molecule has 0 bridgehead atoms. The molecule has 8 heteroatoms. The van der Waals surface area contributed by atoms with Gasteiger partial charge in [0.25, 0.3) is 0 Å². The van der Waals surface area contributed by atoms with Crippen molar-refractivity contribution in [2.75, 3.05) is 19.8 Å². The highest BCUT2D eigenvalue weighted by Crippen LogP contribution is 2.33. The van der Waals surface area contributed by atoms with Crippen LogP contribution in [0.4, 0.5) is 4.39 Å². The van der Waals surface area contributed by atoms with Gasteiger partial charge in [0.2, 0.25) is 0 Å². The Bertz CT molecular complexity index is 1410. The summed E-state index contributed by atoms with van der Waals surface area (Å²) in [6.07, 6.45) is -0.286. The molecule has 1 aromatic heterocycles.